The number of amides is 2. The van der Waals surface area contributed by atoms with E-state index in [0.717, 1.165) is 17.8 Å². The Morgan fingerprint density at radius 1 is 1.63 bits per heavy atom. The quantitative estimate of drug-likeness (QED) is 0.777. The molecule has 0 bridgehead atoms. The van der Waals surface area contributed by atoms with Crippen molar-refractivity contribution in [1.82, 2.24) is 20.2 Å². The van der Waals surface area contributed by atoms with Crippen LogP contribution in [0.5, 0.6) is 0 Å². The molecule has 2 amide bonds. The van der Waals surface area contributed by atoms with Gasteiger partial charge in [-0.15, -0.1) is 0 Å². The predicted octanol–water partition coefficient (Wildman–Crippen LogP) is 0.429. The number of hydrogen-bond acceptors (Lipinski definition) is 4. The number of hydrogen-bond donors (Lipinski definition) is 2. The molecule has 0 aliphatic carbocycles. The fourth-order valence-electron chi connectivity index (χ4n) is 2.13. The fourth-order valence-corrected chi connectivity index (χ4v) is 2.13. The van der Waals surface area contributed by atoms with Gasteiger partial charge in [0.1, 0.15) is 6.04 Å². The zero-order valence-electron chi connectivity index (χ0n) is 11.1. The Morgan fingerprint density at radius 3 is 3.11 bits per heavy atom. The number of methoxy groups -OCH3 is 1. The first-order valence-corrected chi connectivity index (χ1v) is 6.30. The molecule has 0 saturated heterocycles. The van der Waals surface area contributed by atoms with Crippen molar-refractivity contribution in [3.05, 3.63) is 17.7 Å². The summed E-state index contributed by atoms with van der Waals surface area (Å²) in [5.74, 6) is -0.416. The van der Waals surface area contributed by atoms with Crippen LogP contribution in [0.2, 0.25) is 0 Å². The maximum Gasteiger partial charge on any atom is 0.329 e. The van der Waals surface area contributed by atoms with Gasteiger partial charge in [-0.1, -0.05) is 6.92 Å². The van der Waals surface area contributed by atoms with Gasteiger partial charge < -0.3 is 19.9 Å². The van der Waals surface area contributed by atoms with Gasteiger partial charge >= 0.3 is 12.0 Å². The molecule has 7 nitrogen and oxygen atoms in total. The largest absolute Gasteiger partial charge is 0.467 e. The number of urea groups is 1. The third kappa shape index (κ3) is 2.69. The highest BCUT2D eigenvalue weighted by Crippen LogP contribution is 2.21. The molecule has 104 valence electrons. The van der Waals surface area contributed by atoms with Crippen LogP contribution >= 0.6 is 0 Å². The third-order valence-corrected chi connectivity index (χ3v) is 3.16. The second kappa shape index (κ2) is 5.73. The Kier molecular flexibility index (Phi) is 4.03. The van der Waals surface area contributed by atoms with Crippen molar-refractivity contribution in [1.29, 1.82) is 0 Å². The standard InChI is InChI=1S/C12H18N4O3/c1-3-4-13-12(18)16-6-9-8(14-7-15-9)5-10(16)11(17)19-2/h7,10H,3-6H2,1-2H3,(H,13,18)(H,14,15). The van der Waals surface area contributed by atoms with E-state index < -0.39 is 12.0 Å². The lowest BCUT2D eigenvalue weighted by Crippen LogP contribution is -2.52. The first kappa shape index (κ1) is 13.4. The van der Waals surface area contributed by atoms with Gasteiger partial charge in [0, 0.05) is 13.0 Å². The van der Waals surface area contributed by atoms with Crippen molar-refractivity contribution in [3.63, 3.8) is 0 Å². The number of carbonyl (C=O) groups excluding carboxylic acids is 2. The molecule has 19 heavy (non-hydrogen) atoms. The molecule has 0 fully saturated rings. The van der Waals surface area contributed by atoms with Gasteiger partial charge in [0.2, 0.25) is 0 Å². The number of rotatable bonds is 3. The SMILES string of the molecule is CCCNC(=O)N1Cc2[nH]cnc2CC1C(=O)OC. The molecule has 2 rings (SSSR count). The molecular formula is C12H18N4O3. The average Bonchev–Trinajstić information content (AvgIpc) is 2.89. The van der Waals surface area contributed by atoms with Crippen molar-refractivity contribution in [2.24, 2.45) is 0 Å². The molecule has 1 unspecified atom stereocenters. The number of nitrogens with one attached hydrogen (secondary N) is 2. The Bertz CT molecular complexity index is 471. The fraction of sp³-hybridized carbons (Fsp3) is 0.583. The van der Waals surface area contributed by atoms with E-state index in [1.165, 1.54) is 12.0 Å². The Morgan fingerprint density at radius 2 is 2.42 bits per heavy atom. The summed E-state index contributed by atoms with van der Waals surface area (Å²) in [5, 5.41) is 2.78. The van der Waals surface area contributed by atoms with E-state index in [0.29, 0.717) is 19.5 Å². The van der Waals surface area contributed by atoms with Crippen LogP contribution < -0.4 is 5.32 Å². The Hall–Kier alpha value is -2.05. The smallest absolute Gasteiger partial charge is 0.329 e. The number of H-pyrrole nitrogens is 1. The van der Waals surface area contributed by atoms with Crippen LogP contribution in [0, 0.1) is 0 Å². The molecule has 1 aromatic rings. The highest BCUT2D eigenvalue weighted by Gasteiger charge is 2.36. The van der Waals surface area contributed by atoms with E-state index in [4.69, 9.17) is 4.74 Å². The molecule has 2 heterocycles. The van der Waals surface area contributed by atoms with E-state index in [2.05, 4.69) is 15.3 Å². The molecule has 1 aliphatic heterocycles. The average molecular weight is 266 g/mol. The topological polar surface area (TPSA) is 87.3 Å². The molecule has 0 radical (unpaired) electrons. The zero-order chi connectivity index (χ0) is 13.8. The van der Waals surface area contributed by atoms with Gasteiger partial charge in [0.15, 0.2) is 0 Å². The van der Waals surface area contributed by atoms with Crippen LogP contribution in [0.3, 0.4) is 0 Å². The summed E-state index contributed by atoms with van der Waals surface area (Å²) in [6, 6.07) is -0.866. The lowest BCUT2D eigenvalue weighted by atomic mass is 10.0. The highest BCUT2D eigenvalue weighted by molar-refractivity contribution is 5.84. The van der Waals surface area contributed by atoms with Gasteiger partial charge in [-0.2, -0.15) is 0 Å². The van der Waals surface area contributed by atoms with Gasteiger partial charge in [-0.25, -0.2) is 14.6 Å². The third-order valence-electron chi connectivity index (χ3n) is 3.16. The van der Waals surface area contributed by atoms with Crippen molar-refractivity contribution in [2.45, 2.75) is 32.4 Å². The zero-order valence-corrected chi connectivity index (χ0v) is 11.1. The van der Waals surface area contributed by atoms with Crippen LogP contribution in [-0.4, -0.2) is 46.6 Å². The van der Waals surface area contributed by atoms with Gasteiger partial charge in [0.05, 0.1) is 31.4 Å². The van der Waals surface area contributed by atoms with Crippen molar-refractivity contribution < 1.29 is 14.3 Å². The number of carbonyl (C=O) groups is 2. The van der Waals surface area contributed by atoms with Crippen LogP contribution in [0.1, 0.15) is 24.7 Å². The van der Waals surface area contributed by atoms with E-state index in [1.54, 1.807) is 6.33 Å². The summed E-state index contributed by atoms with van der Waals surface area (Å²) < 4.78 is 4.77. The Labute approximate surface area is 111 Å². The first-order chi connectivity index (χ1) is 9.17. The number of imidazole rings is 1. The molecule has 0 saturated carbocycles. The van der Waals surface area contributed by atoms with Crippen molar-refractivity contribution in [3.8, 4) is 0 Å². The lowest BCUT2D eigenvalue weighted by Gasteiger charge is -2.33. The van der Waals surface area contributed by atoms with E-state index in [-0.39, 0.29) is 6.03 Å². The van der Waals surface area contributed by atoms with Gasteiger partial charge in [-0.3, -0.25) is 0 Å². The number of aromatic amines is 1. The minimum atomic E-state index is -0.613. The summed E-state index contributed by atoms with van der Waals surface area (Å²) in [6.07, 6.45) is 2.80. The maximum atomic E-state index is 12.1. The minimum absolute atomic E-state index is 0.252. The number of esters is 1. The molecule has 2 N–H and O–H groups in total. The number of nitrogens with zero attached hydrogens (tertiary/aromatic N) is 2. The summed E-state index contributed by atoms with van der Waals surface area (Å²) in [6.45, 7) is 2.89. The molecule has 1 atom stereocenters. The van der Waals surface area contributed by atoms with Crippen molar-refractivity contribution >= 4 is 12.0 Å². The molecule has 0 spiro atoms. The van der Waals surface area contributed by atoms with E-state index >= 15 is 0 Å². The molecule has 1 aliphatic rings. The molecular weight excluding hydrogens is 248 g/mol. The van der Waals surface area contributed by atoms with E-state index in [1.807, 2.05) is 6.92 Å². The lowest BCUT2D eigenvalue weighted by molar-refractivity contribution is -0.146. The summed E-state index contributed by atoms with van der Waals surface area (Å²) >= 11 is 0. The summed E-state index contributed by atoms with van der Waals surface area (Å²) in [7, 11) is 1.32. The maximum absolute atomic E-state index is 12.1. The van der Waals surface area contributed by atoms with Crippen LogP contribution in [-0.2, 0) is 22.5 Å². The number of fused-ring (bicyclic) bond motifs is 1. The second-order valence-electron chi connectivity index (χ2n) is 4.43. The summed E-state index contributed by atoms with van der Waals surface area (Å²) in [4.78, 5) is 32.5. The molecule has 1 aromatic heterocycles. The molecule has 0 aromatic carbocycles. The second-order valence-corrected chi connectivity index (χ2v) is 4.43. The predicted molar refractivity (Wildman–Crippen MR) is 67.3 cm³/mol. The normalized spacial score (nSPS) is 17.8. The van der Waals surface area contributed by atoms with Gasteiger partial charge in [0.25, 0.3) is 0 Å². The van der Waals surface area contributed by atoms with Gasteiger partial charge in [-0.05, 0) is 6.42 Å². The summed E-state index contributed by atoms with van der Waals surface area (Å²) in [5.41, 5.74) is 1.68. The number of aromatic nitrogens is 2. The Balaban J connectivity index is 2.18. The number of ether oxygens (including phenoxy) is 1. The van der Waals surface area contributed by atoms with Crippen molar-refractivity contribution in [2.75, 3.05) is 13.7 Å². The van der Waals surface area contributed by atoms with Crippen LogP contribution in [0.25, 0.3) is 0 Å². The highest BCUT2D eigenvalue weighted by atomic mass is 16.5. The minimum Gasteiger partial charge on any atom is -0.467 e. The van der Waals surface area contributed by atoms with Crippen LogP contribution in [0.15, 0.2) is 6.33 Å². The monoisotopic (exact) mass is 266 g/mol. The first-order valence-electron chi connectivity index (χ1n) is 6.30. The van der Waals surface area contributed by atoms with E-state index in [9.17, 15) is 9.59 Å². The van der Waals surface area contributed by atoms with Crippen LogP contribution in [0.4, 0.5) is 4.79 Å². The molecule has 7 heteroatoms.